The third-order valence-electron chi connectivity index (χ3n) is 5.14. The molecular weight excluding hydrogens is 376 g/mol. The van der Waals surface area contributed by atoms with E-state index in [1.807, 2.05) is 32.9 Å². The first-order chi connectivity index (χ1) is 13.3. The largest absolute Gasteiger partial charge is 0.368 e. The molecule has 0 bridgehead atoms. The molecule has 28 heavy (non-hydrogen) atoms. The number of aryl methyl sites for hydroxylation is 1. The van der Waals surface area contributed by atoms with Crippen molar-refractivity contribution < 1.29 is 8.42 Å². The molecule has 9 heteroatoms. The van der Waals surface area contributed by atoms with Crippen LogP contribution in [0.25, 0.3) is 11.1 Å². The van der Waals surface area contributed by atoms with E-state index in [2.05, 4.69) is 9.97 Å². The molecule has 0 spiro atoms. The Balaban J connectivity index is 1.88. The molecule has 2 aromatic heterocycles. The standard InChI is InChI=1S/C19H28N6O2S/c1-4-24(5-2)28(26,27)25-8-6-7-15(13-25)18-10-16(9-14(3)23-18)17-11-21-19(20)22-12-17/h9-12,15H,4-8,13H2,1-3H3,(H2,20,21,22)/t15-/m0/s1. The fourth-order valence-corrected chi connectivity index (χ4v) is 5.37. The van der Waals surface area contributed by atoms with Gasteiger partial charge in [0.25, 0.3) is 10.2 Å². The Morgan fingerprint density at radius 2 is 1.86 bits per heavy atom. The van der Waals surface area contributed by atoms with Crippen molar-refractivity contribution in [2.45, 2.75) is 39.5 Å². The highest BCUT2D eigenvalue weighted by Crippen LogP contribution is 2.31. The van der Waals surface area contributed by atoms with Crippen LogP contribution >= 0.6 is 0 Å². The van der Waals surface area contributed by atoms with Crippen molar-refractivity contribution in [3.8, 4) is 11.1 Å². The predicted octanol–water partition coefficient (Wildman–Crippen LogP) is 2.20. The highest BCUT2D eigenvalue weighted by Gasteiger charge is 2.33. The molecule has 3 heterocycles. The summed E-state index contributed by atoms with van der Waals surface area (Å²) in [5, 5.41) is 0. The van der Waals surface area contributed by atoms with Crippen LogP contribution in [0, 0.1) is 6.92 Å². The lowest BCUT2D eigenvalue weighted by molar-refractivity contribution is 0.285. The molecule has 0 amide bonds. The number of anilines is 1. The minimum Gasteiger partial charge on any atom is -0.368 e. The van der Waals surface area contributed by atoms with Gasteiger partial charge in [0.2, 0.25) is 5.95 Å². The van der Waals surface area contributed by atoms with E-state index in [-0.39, 0.29) is 11.9 Å². The summed E-state index contributed by atoms with van der Waals surface area (Å²) in [4.78, 5) is 12.8. The van der Waals surface area contributed by atoms with Crippen molar-refractivity contribution in [3.05, 3.63) is 35.9 Å². The van der Waals surface area contributed by atoms with Crippen LogP contribution in [0.3, 0.4) is 0 Å². The molecule has 1 atom stereocenters. The summed E-state index contributed by atoms with van der Waals surface area (Å²) in [6, 6.07) is 3.99. The van der Waals surface area contributed by atoms with Gasteiger partial charge >= 0.3 is 0 Å². The third-order valence-corrected chi connectivity index (χ3v) is 7.29. The molecule has 1 saturated heterocycles. The first kappa shape index (κ1) is 20.6. The Hall–Kier alpha value is -2.10. The zero-order chi connectivity index (χ0) is 20.3. The molecule has 0 saturated carbocycles. The van der Waals surface area contributed by atoms with Crippen molar-refractivity contribution in [1.82, 2.24) is 23.6 Å². The quantitative estimate of drug-likeness (QED) is 0.791. The van der Waals surface area contributed by atoms with E-state index in [1.165, 1.54) is 4.31 Å². The summed E-state index contributed by atoms with van der Waals surface area (Å²) in [6.45, 7) is 7.64. The summed E-state index contributed by atoms with van der Waals surface area (Å²) in [6.07, 6.45) is 5.12. The first-order valence-corrected chi connectivity index (χ1v) is 11.1. The summed E-state index contributed by atoms with van der Waals surface area (Å²) in [5.74, 6) is 0.298. The molecule has 152 valence electrons. The molecule has 1 aliphatic rings. The average molecular weight is 405 g/mol. The van der Waals surface area contributed by atoms with Gasteiger partial charge in [0.15, 0.2) is 0 Å². The van der Waals surface area contributed by atoms with Crippen LogP contribution in [0.15, 0.2) is 24.5 Å². The van der Waals surface area contributed by atoms with Crippen LogP contribution in [-0.2, 0) is 10.2 Å². The van der Waals surface area contributed by atoms with Crippen LogP contribution in [0.5, 0.6) is 0 Å². The zero-order valence-corrected chi connectivity index (χ0v) is 17.5. The summed E-state index contributed by atoms with van der Waals surface area (Å²) >= 11 is 0. The van der Waals surface area contributed by atoms with Gasteiger partial charge in [-0.15, -0.1) is 0 Å². The van der Waals surface area contributed by atoms with Gasteiger partial charge in [-0.05, 0) is 37.5 Å². The Kier molecular flexibility index (Phi) is 6.26. The second-order valence-electron chi connectivity index (χ2n) is 7.04. The number of nitrogen functional groups attached to an aromatic ring is 1. The smallest absolute Gasteiger partial charge is 0.281 e. The highest BCUT2D eigenvalue weighted by atomic mass is 32.2. The van der Waals surface area contributed by atoms with Crippen LogP contribution in [0.2, 0.25) is 0 Å². The van der Waals surface area contributed by atoms with Crippen LogP contribution in [0.4, 0.5) is 5.95 Å². The second-order valence-corrected chi connectivity index (χ2v) is 8.97. The van der Waals surface area contributed by atoms with Gasteiger partial charge in [-0.1, -0.05) is 13.8 Å². The number of hydrogen-bond donors (Lipinski definition) is 1. The minimum absolute atomic E-state index is 0.0624. The number of hydrogen-bond acceptors (Lipinski definition) is 6. The topological polar surface area (TPSA) is 105 Å². The zero-order valence-electron chi connectivity index (χ0n) is 16.7. The number of nitrogens with two attached hydrogens (primary N) is 1. The molecule has 8 nitrogen and oxygen atoms in total. The van der Waals surface area contributed by atoms with Gasteiger partial charge in [-0.25, -0.2) is 9.97 Å². The van der Waals surface area contributed by atoms with Gasteiger partial charge in [-0.2, -0.15) is 17.0 Å². The number of nitrogens with zero attached hydrogens (tertiary/aromatic N) is 5. The number of rotatable bonds is 6. The normalized spacial score (nSPS) is 18.5. The molecule has 2 N–H and O–H groups in total. The Morgan fingerprint density at radius 1 is 1.18 bits per heavy atom. The van der Waals surface area contributed by atoms with Crippen LogP contribution < -0.4 is 5.73 Å². The van der Waals surface area contributed by atoms with E-state index in [9.17, 15) is 8.42 Å². The lowest BCUT2D eigenvalue weighted by Gasteiger charge is -2.35. The van der Waals surface area contributed by atoms with E-state index in [1.54, 1.807) is 16.7 Å². The number of piperidine rings is 1. The van der Waals surface area contributed by atoms with Crippen molar-refractivity contribution in [2.75, 3.05) is 31.9 Å². The summed E-state index contributed by atoms with van der Waals surface area (Å²) in [7, 11) is -3.44. The second kappa shape index (κ2) is 8.50. The Bertz CT molecular complexity index is 913. The molecule has 0 aliphatic carbocycles. The third kappa shape index (κ3) is 4.31. The average Bonchev–Trinajstić information content (AvgIpc) is 2.69. The minimum atomic E-state index is -3.44. The number of aromatic nitrogens is 3. The molecule has 0 radical (unpaired) electrons. The van der Waals surface area contributed by atoms with Crippen molar-refractivity contribution in [2.24, 2.45) is 0 Å². The molecule has 0 aromatic carbocycles. The van der Waals surface area contributed by atoms with Crippen molar-refractivity contribution in [1.29, 1.82) is 0 Å². The summed E-state index contributed by atoms with van der Waals surface area (Å²) < 4.78 is 28.9. The summed E-state index contributed by atoms with van der Waals surface area (Å²) in [5.41, 5.74) is 9.20. The Labute approximate surface area is 167 Å². The number of pyridine rings is 1. The molecule has 0 unspecified atom stereocenters. The first-order valence-electron chi connectivity index (χ1n) is 9.66. The van der Waals surface area contributed by atoms with Gasteiger partial charge in [0.05, 0.1) is 0 Å². The molecular formula is C19H28N6O2S. The van der Waals surface area contributed by atoms with Gasteiger partial charge in [-0.3, -0.25) is 4.98 Å². The van der Waals surface area contributed by atoms with E-state index in [0.29, 0.717) is 26.2 Å². The predicted molar refractivity (Wildman–Crippen MR) is 110 cm³/mol. The van der Waals surface area contributed by atoms with Gasteiger partial charge in [0.1, 0.15) is 0 Å². The maximum Gasteiger partial charge on any atom is 0.281 e. The SMILES string of the molecule is CCN(CC)S(=O)(=O)N1CCC[C@H](c2cc(-c3cnc(N)nc3)cc(C)n2)C1. The van der Waals surface area contributed by atoms with Crippen molar-refractivity contribution >= 4 is 16.2 Å². The fourth-order valence-electron chi connectivity index (χ4n) is 3.66. The molecule has 3 rings (SSSR count). The van der Waals surface area contributed by atoms with Gasteiger partial charge < -0.3 is 5.73 Å². The van der Waals surface area contributed by atoms with Crippen LogP contribution in [-0.4, -0.2) is 58.2 Å². The lowest BCUT2D eigenvalue weighted by Crippen LogP contribution is -2.47. The van der Waals surface area contributed by atoms with Crippen molar-refractivity contribution in [3.63, 3.8) is 0 Å². The Morgan fingerprint density at radius 3 is 2.50 bits per heavy atom. The molecule has 1 fully saturated rings. The van der Waals surface area contributed by atoms with E-state index in [4.69, 9.17) is 10.7 Å². The highest BCUT2D eigenvalue weighted by molar-refractivity contribution is 7.86. The molecule has 2 aromatic rings. The van der Waals surface area contributed by atoms with E-state index >= 15 is 0 Å². The monoisotopic (exact) mass is 404 g/mol. The van der Waals surface area contributed by atoms with Crippen LogP contribution in [0.1, 0.15) is 44.0 Å². The maximum atomic E-state index is 12.9. The van der Waals surface area contributed by atoms with E-state index < -0.39 is 10.2 Å². The van der Waals surface area contributed by atoms with Gasteiger partial charge in [0, 0.05) is 61.4 Å². The lowest BCUT2D eigenvalue weighted by atomic mass is 9.93. The maximum absolute atomic E-state index is 12.9. The fraction of sp³-hybridized carbons (Fsp3) is 0.526. The van der Waals surface area contributed by atoms with E-state index in [0.717, 1.165) is 35.4 Å². The molecule has 1 aliphatic heterocycles.